The Bertz CT molecular complexity index is 2360. The zero-order valence-corrected chi connectivity index (χ0v) is 25.8. The van der Waals surface area contributed by atoms with Crippen molar-refractivity contribution in [1.29, 1.82) is 0 Å². The third kappa shape index (κ3) is 4.14. The molecule has 1 aliphatic rings. The van der Waals surface area contributed by atoms with Crippen molar-refractivity contribution in [2.75, 3.05) is 0 Å². The molecule has 0 aliphatic heterocycles. The van der Waals surface area contributed by atoms with E-state index < -0.39 is 0 Å². The molecule has 0 saturated heterocycles. The van der Waals surface area contributed by atoms with E-state index in [0.29, 0.717) is 0 Å². The highest BCUT2D eigenvalue weighted by Crippen LogP contribution is 2.53. The third-order valence-corrected chi connectivity index (χ3v) is 9.67. The minimum absolute atomic E-state index is 0.191. The van der Waals surface area contributed by atoms with Crippen molar-refractivity contribution in [3.63, 3.8) is 0 Å². The highest BCUT2D eigenvalue weighted by molar-refractivity contribution is 6.09. The van der Waals surface area contributed by atoms with Crippen LogP contribution in [0.1, 0.15) is 25.0 Å². The summed E-state index contributed by atoms with van der Waals surface area (Å²) < 4.78 is 6.50. The number of pyridine rings is 1. The van der Waals surface area contributed by atoms with Gasteiger partial charge in [0.2, 0.25) is 0 Å². The lowest BCUT2D eigenvalue weighted by Gasteiger charge is -2.22. The molecule has 0 spiro atoms. The van der Waals surface area contributed by atoms with Crippen molar-refractivity contribution in [1.82, 2.24) is 4.98 Å². The Balaban J connectivity index is 1.10. The molecule has 0 N–H and O–H groups in total. The van der Waals surface area contributed by atoms with Crippen LogP contribution in [-0.4, -0.2) is 4.98 Å². The molecule has 1 aliphatic carbocycles. The molecule has 0 unspecified atom stereocenters. The normalized spacial score (nSPS) is 13.2. The van der Waals surface area contributed by atoms with Gasteiger partial charge in [0.1, 0.15) is 11.2 Å². The van der Waals surface area contributed by atoms with Gasteiger partial charge >= 0.3 is 0 Å². The Morgan fingerprint density at radius 1 is 0.457 bits per heavy atom. The lowest BCUT2D eigenvalue weighted by atomic mass is 9.81. The van der Waals surface area contributed by atoms with E-state index in [1.54, 1.807) is 0 Å². The fourth-order valence-corrected chi connectivity index (χ4v) is 7.31. The molecule has 8 aromatic rings. The predicted octanol–water partition coefficient (Wildman–Crippen LogP) is 12.0. The lowest BCUT2D eigenvalue weighted by molar-refractivity contribution is 0.620. The molecule has 2 nitrogen and oxygen atoms in total. The van der Waals surface area contributed by atoms with Crippen LogP contribution in [0, 0.1) is 0 Å². The quantitative estimate of drug-likeness (QED) is 0.204. The number of para-hydroxylation sites is 1. The van der Waals surface area contributed by atoms with Gasteiger partial charge in [0, 0.05) is 32.9 Å². The molecule has 2 heteroatoms. The second-order valence-electron chi connectivity index (χ2n) is 12.8. The lowest BCUT2D eigenvalue weighted by Crippen LogP contribution is -2.15. The number of hydrogen-bond donors (Lipinski definition) is 0. The molecule has 0 atom stereocenters. The monoisotopic (exact) mass is 589 g/mol. The van der Waals surface area contributed by atoms with Crippen molar-refractivity contribution in [3.05, 3.63) is 163 Å². The average molecular weight is 590 g/mol. The molecule has 0 amide bonds. The van der Waals surface area contributed by atoms with Gasteiger partial charge in [-0.05, 0) is 69.3 Å². The first-order valence-electron chi connectivity index (χ1n) is 15.9. The van der Waals surface area contributed by atoms with Crippen molar-refractivity contribution in [3.8, 4) is 55.9 Å². The molecule has 9 rings (SSSR count). The molecular formula is C44H31NO. The number of benzene rings is 6. The molecule has 0 fully saturated rings. The smallest absolute Gasteiger partial charge is 0.140 e. The minimum atomic E-state index is -0.191. The molecule has 2 aromatic heterocycles. The molecular weight excluding hydrogens is 558 g/mol. The summed E-state index contributed by atoms with van der Waals surface area (Å²) in [5.41, 5.74) is 15.8. The Labute approximate surface area is 268 Å². The maximum Gasteiger partial charge on any atom is 0.140 e. The largest absolute Gasteiger partial charge is 0.456 e. The topological polar surface area (TPSA) is 26.0 Å². The van der Waals surface area contributed by atoms with E-state index in [2.05, 4.69) is 153 Å². The van der Waals surface area contributed by atoms with E-state index in [-0.39, 0.29) is 5.41 Å². The first-order valence-corrected chi connectivity index (χ1v) is 15.9. The number of hydrogen-bond acceptors (Lipinski definition) is 2. The highest BCUT2D eigenvalue weighted by atomic mass is 16.3. The van der Waals surface area contributed by atoms with Crippen LogP contribution in [0.25, 0.3) is 77.8 Å². The van der Waals surface area contributed by atoms with Crippen molar-refractivity contribution in [2.45, 2.75) is 19.3 Å². The van der Waals surface area contributed by atoms with Crippen molar-refractivity contribution < 1.29 is 4.42 Å². The zero-order valence-electron chi connectivity index (χ0n) is 25.8. The fourth-order valence-electron chi connectivity index (χ4n) is 7.31. The summed E-state index contributed by atoms with van der Waals surface area (Å²) in [4.78, 5) is 5.12. The maximum absolute atomic E-state index is 6.50. The van der Waals surface area contributed by atoms with Crippen LogP contribution in [0.3, 0.4) is 0 Å². The van der Waals surface area contributed by atoms with Crippen LogP contribution in [0.2, 0.25) is 0 Å². The predicted molar refractivity (Wildman–Crippen MR) is 191 cm³/mol. The first kappa shape index (κ1) is 26.7. The van der Waals surface area contributed by atoms with Gasteiger partial charge in [-0.1, -0.05) is 135 Å². The van der Waals surface area contributed by atoms with Gasteiger partial charge in [0.05, 0.1) is 11.4 Å². The number of nitrogens with zero attached hydrogens (tertiary/aromatic N) is 1. The molecule has 2 heterocycles. The van der Waals surface area contributed by atoms with Gasteiger partial charge in [0.15, 0.2) is 0 Å². The number of fused-ring (bicyclic) bond motifs is 7. The Kier molecular flexibility index (Phi) is 5.88. The molecule has 6 aromatic carbocycles. The first-order chi connectivity index (χ1) is 22.5. The van der Waals surface area contributed by atoms with Gasteiger partial charge < -0.3 is 4.42 Å². The molecule has 46 heavy (non-hydrogen) atoms. The summed E-state index contributed by atoms with van der Waals surface area (Å²) in [5, 5.41) is 2.36. The Morgan fingerprint density at radius 2 is 1.02 bits per heavy atom. The third-order valence-electron chi connectivity index (χ3n) is 9.67. The van der Waals surface area contributed by atoms with E-state index >= 15 is 0 Å². The van der Waals surface area contributed by atoms with E-state index in [9.17, 15) is 0 Å². The van der Waals surface area contributed by atoms with Gasteiger partial charge in [-0.15, -0.1) is 0 Å². The molecule has 0 bridgehead atoms. The van der Waals surface area contributed by atoms with Gasteiger partial charge in [-0.3, -0.25) is 0 Å². The Hall–Kier alpha value is -5.73. The second kappa shape index (κ2) is 10.2. The van der Waals surface area contributed by atoms with E-state index in [1.165, 1.54) is 49.7 Å². The summed E-state index contributed by atoms with van der Waals surface area (Å²) in [7, 11) is 0. The Morgan fingerprint density at radius 3 is 1.76 bits per heavy atom. The SMILES string of the molecule is CC1(C)c2cc(-c3ccc(-c4cc(-c5ccccc5)cc(-c5ccccc5)n4)cc3)ccc2-c2ccc3c(oc4ccccc43)c21. The van der Waals surface area contributed by atoms with Gasteiger partial charge in [0.25, 0.3) is 0 Å². The zero-order chi connectivity index (χ0) is 30.8. The van der Waals surface area contributed by atoms with Crippen LogP contribution < -0.4 is 0 Å². The molecule has 0 saturated carbocycles. The van der Waals surface area contributed by atoms with Crippen LogP contribution in [0.4, 0.5) is 0 Å². The van der Waals surface area contributed by atoms with E-state index in [1.807, 2.05) is 12.1 Å². The van der Waals surface area contributed by atoms with Gasteiger partial charge in [-0.2, -0.15) is 0 Å². The molecule has 218 valence electrons. The molecule has 0 radical (unpaired) electrons. The van der Waals surface area contributed by atoms with Crippen molar-refractivity contribution in [2.24, 2.45) is 0 Å². The summed E-state index contributed by atoms with van der Waals surface area (Å²) in [6.45, 7) is 4.65. The maximum atomic E-state index is 6.50. The van der Waals surface area contributed by atoms with Crippen LogP contribution >= 0.6 is 0 Å². The summed E-state index contributed by atoms with van der Waals surface area (Å²) in [6.07, 6.45) is 0. The second-order valence-corrected chi connectivity index (χ2v) is 12.8. The summed E-state index contributed by atoms with van der Waals surface area (Å²) >= 11 is 0. The van der Waals surface area contributed by atoms with E-state index in [4.69, 9.17) is 9.40 Å². The van der Waals surface area contributed by atoms with Crippen LogP contribution in [-0.2, 0) is 5.41 Å². The summed E-state index contributed by atoms with van der Waals surface area (Å²) in [5.74, 6) is 0. The fraction of sp³-hybridized carbons (Fsp3) is 0.0682. The average Bonchev–Trinajstić information content (AvgIpc) is 3.60. The number of furan rings is 1. The van der Waals surface area contributed by atoms with Crippen LogP contribution in [0.5, 0.6) is 0 Å². The van der Waals surface area contributed by atoms with Crippen LogP contribution in [0.15, 0.2) is 156 Å². The minimum Gasteiger partial charge on any atom is -0.456 e. The number of aromatic nitrogens is 1. The van der Waals surface area contributed by atoms with E-state index in [0.717, 1.165) is 39.2 Å². The van der Waals surface area contributed by atoms with Gasteiger partial charge in [-0.25, -0.2) is 4.98 Å². The standard InChI is InChI=1S/C44H31NO/c1-44(2)38-25-32(21-22-34(38)36-23-24-37-35-15-9-10-16-41(35)46-43(37)42(36)44)29-17-19-31(20-18-29)40-27-33(28-11-5-3-6-12-28)26-39(45-40)30-13-7-4-8-14-30/h3-27H,1-2H3. The highest BCUT2D eigenvalue weighted by Gasteiger charge is 2.38. The summed E-state index contributed by atoms with van der Waals surface area (Å²) in [6, 6.07) is 54.0. The number of rotatable bonds is 4. The van der Waals surface area contributed by atoms with Crippen molar-refractivity contribution >= 4 is 21.9 Å².